The number of aromatic nitrogens is 2. The van der Waals surface area contributed by atoms with E-state index >= 15 is 0 Å². The van der Waals surface area contributed by atoms with Crippen LogP contribution in [0.15, 0.2) is 24.4 Å². The Hall–Kier alpha value is -1.01. The lowest BCUT2D eigenvalue weighted by molar-refractivity contribution is 0.614. The summed E-state index contributed by atoms with van der Waals surface area (Å²) in [5.41, 5.74) is 1.65. The zero-order valence-corrected chi connectivity index (χ0v) is 14.2. The number of aryl methyl sites for hydroxylation is 1. The molecule has 0 spiro atoms. The van der Waals surface area contributed by atoms with E-state index in [0.717, 1.165) is 17.9 Å². The fourth-order valence-electron chi connectivity index (χ4n) is 1.75. The van der Waals surface area contributed by atoms with Crippen molar-refractivity contribution in [1.82, 2.24) is 15.1 Å². The van der Waals surface area contributed by atoms with E-state index in [1.54, 1.807) is 24.4 Å². The topological polar surface area (TPSA) is 41.9 Å². The largest absolute Gasteiger partial charge is 0.357 e. The van der Waals surface area contributed by atoms with Crippen molar-refractivity contribution in [3.8, 4) is 0 Å². The molecule has 2 rings (SSSR count). The second kappa shape index (κ2) is 7.31. The number of thiocarbonyl (C=S) groups is 1. The predicted octanol–water partition coefficient (Wildman–Crippen LogP) is 4.35. The van der Waals surface area contributed by atoms with Crippen LogP contribution in [0.25, 0.3) is 0 Å². The van der Waals surface area contributed by atoms with E-state index in [4.69, 9.17) is 47.0 Å². The fourth-order valence-corrected chi connectivity index (χ4v) is 2.45. The van der Waals surface area contributed by atoms with Gasteiger partial charge in [-0.25, -0.2) is 0 Å². The summed E-state index contributed by atoms with van der Waals surface area (Å²) in [4.78, 5) is 0. The number of halogens is 3. The molecule has 1 heterocycles. The number of anilines is 1. The van der Waals surface area contributed by atoms with Gasteiger partial charge in [0.05, 0.1) is 33.5 Å². The van der Waals surface area contributed by atoms with E-state index in [9.17, 15) is 0 Å². The summed E-state index contributed by atoms with van der Waals surface area (Å²) in [5.74, 6) is 0. The minimum absolute atomic E-state index is 0.466. The summed E-state index contributed by atoms with van der Waals surface area (Å²) in [6.45, 7) is 3.23. The van der Waals surface area contributed by atoms with Crippen molar-refractivity contribution >= 4 is 57.8 Å². The van der Waals surface area contributed by atoms with Gasteiger partial charge in [0, 0.05) is 12.2 Å². The first kappa shape index (κ1) is 16.4. The molecule has 2 aromatic rings. The summed E-state index contributed by atoms with van der Waals surface area (Å²) >= 11 is 23.1. The van der Waals surface area contributed by atoms with Crippen molar-refractivity contribution in [1.29, 1.82) is 0 Å². The van der Waals surface area contributed by atoms with Gasteiger partial charge >= 0.3 is 0 Å². The van der Waals surface area contributed by atoms with Gasteiger partial charge in [-0.15, -0.1) is 0 Å². The molecule has 0 saturated heterocycles. The van der Waals surface area contributed by atoms with Gasteiger partial charge in [0.15, 0.2) is 5.11 Å². The molecular formula is C13H13Cl3N4S. The average Bonchev–Trinajstić information content (AvgIpc) is 2.81. The lowest BCUT2D eigenvalue weighted by Crippen LogP contribution is -2.29. The standard InChI is InChI=1S/C13H13Cl3N4S/c1-2-20-12(11(16)6-18-20)7-17-13(21)19-8-3-4-9(14)10(15)5-8/h3-6H,2,7H2,1H3,(H2,17,19,21). The fraction of sp³-hybridized carbons (Fsp3) is 0.231. The number of nitrogens with one attached hydrogen (secondary N) is 2. The predicted molar refractivity (Wildman–Crippen MR) is 92.4 cm³/mol. The van der Waals surface area contributed by atoms with Gasteiger partial charge in [0.1, 0.15) is 0 Å². The van der Waals surface area contributed by atoms with E-state index in [-0.39, 0.29) is 0 Å². The van der Waals surface area contributed by atoms with Crippen LogP contribution in [0, 0.1) is 0 Å². The molecule has 4 nitrogen and oxygen atoms in total. The molecule has 21 heavy (non-hydrogen) atoms. The van der Waals surface area contributed by atoms with Crippen molar-refractivity contribution in [2.45, 2.75) is 20.0 Å². The quantitative estimate of drug-likeness (QED) is 0.793. The Morgan fingerprint density at radius 3 is 2.67 bits per heavy atom. The Kier molecular flexibility index (Phi) is 5.70. The molecule has 0 bridgehead atoms. The molecule has 0 atom stereocenters. The van der Waals surface area contributed by atoms with Crippen LogP contribution in [0.4, 0.5) is 5.69 Å². The molecule has 0 aliphatic carbocycles. The smallest absolute Gasteiger partial charge is 0.171 e. The third-order valence-corrected chi connectivity index (χ3v) is 4.09. The van der Waals surface area contributed by atoms with Crippen LogP contribution in [0.3, 0.4) is 0 Å². The number of hydrogen-bond donors (Lipinski definition) is 2. The van der Waals surface area contributed by atoms with E-state index in [0.29, 0.717) is 26.7 Å². The Labute approximate surface area is 143 Å². The Bertz CT molecular complexity index is 657. The first-order valence-corrected chi connectivity index (χ1v) is 7.75. The highest BCUT2D eigenvalue weighted by atomic mass is 35.5. The van der Waals surface area contributed by atoms with Gasteiger partial charge < -0.3 is 10.6 Å². The second-order valence-electron chi connectivity index (χ2n) is 4.19. The summed E-state index contributed by atoms with van der Waals surface area (Å²) in [6.07, 6.45) is 1.62. The molecule has 8 heteroatoms. The molecule has 0 aliphatic heterocycles. The minimum Gasteiger partial charge on any atom is -0.357 e. The lowest BCUT2D eigenvalue weighted by atomic mass is 10.3. The Morgan fingerprint density at radius 2 is 2.00 bits per heavy atom. The molecule has 2 N–H and O–H groups in total. The maximum atomic E-state index is 6.09. The number of benzene rings is 1. The van der Waals surface area contributed by atoms with Gasteiger partial charge in [-0.2, -0.15) is 5.10 Å². The van der Waals surface area contributed by atoms with Gasteiger partial charge in [-0.3, -0.25) is 4.68 Å². The number of rotatable bonds is 4. The zero-order valence-electron chi connectivity index (χ0n) is 11.2. The molecule has 0 amide bonds. The number of hydrogen-bond acceptors (Lipinski definition) is 2. The summed E-state index contributed by atoms with van der Waals surface area (Å²) in [5, 5.41) is 12.3. The van der Waals surface area contributed by atoms with Crippen molar-refractivity contribution in [2.24, 2.45) is 0 Å². The van der Waals surface area contributed by atoms with Gasteiger partial charge in [0.25, 0.3) is 0 Å². The summed E-state index contributed by atoms with van der Waals surface area (Å²) < 4.78 is 1.82. The average molecular weight is 364 g/mol. The van der Waals surface area contributed by atoms with Crippen LogP contribution in [0.1, 0.15) is 12.6 Å². The molecule has 1 aromatic heterocycles. The molecular weight excluding hydrogens is 351 g/mol. The van der Waals surface area contributed by atoms with Crippen molar-refractivity contribution < 1.29 is 0 Å². The number of nitrogens with zero attached hydrogens (tertiary/aromatic N) is 2. The van der Waals surface area contributed by atoms with Crippen LogP contribution in [-0.2, 0) is 13.1 Å². The maximum absolute atomic E-state index is 6.09. The van der Waals surface area contributed by atoms with Gasteiger partial charge in [-0.05, 0) is 37.3 Å². The first-order chi connectivity index (χ1) is 10.0. The lowest BCUT2D eigenvalue weighted by Gasteiger charge is -2.12. The monoisotopic (exact) mass is 362 g/mol. The Balaban J connectivity index is 1.95. The molecule has 112 valence electrons. The van der Waals surface area contributed by atoms with E-state index in [1.807, 2.05) is 11.6 Å². The van der Waals surface area contributed by atoms with Crippen LogP contribution in [-0.4, -0.2) is 14.9 Å². The van der Waals surface area contributed by atoms with Gasteiger partial charge in [-0.1, -0.05) is 34.8 Å². The second-order valence-corrected chi connectivity index (χ2v) is 5.82. The Morgan fingerprint density at radius 1 is 1.24 bits per heavy atom. The van der Waals surface area contributed by atoms with Crippen molar-refractivity contribution in [3.63, 3.8) is 0 Å². The van der Waals surface area contributed by atoms with Crippen LogP contribution in [0.2, 0.25) is 15.1 Å². The first-order valence-electron chi connectivity index (χ1n) is 6.21. The normalized spacial score (nSPS) is 10.5. The third-order valence-electron chi connectivity index (χ3n) is 2.79. The maximum Gasteiger partial charge on any atom is 0.171 e. The third kappa shape index (κ3) is 4.23. The summed E-state index contributed by atoms with van der Waals surface area (Å²) in [7, 11) is 0. The summed E-state index contributed by atoms with van der Waals surface area (Å²) in [6, 6.07) is 5.21. The SMILES string of the molecule is CCn1ncc(Cl)c1CNC(=S)Nc1ccc(Cl)c(Cl)c1. The molecule has 0 radical (unpaired) electrons. The van der Waals surface area contributed by atoms with Crippen LogP contribution >= 0.6 is 47.0 Å². The highest BCUT2D eigenvalue weighted by Gasteiger charge is 2.08. The van der Waals surface area contributed by atoms with Crippen LogP contribution < -0.4 is 10.6 Å². The molecule has 0 saturated carbocycles. The molecule has 0 fully saturated rings. The van der Waals surface area contributed by atoms with E-state index in [2.05, 4.69) is 15.7 Å². The van der Waals surface area contributed by atoms with Gasteiger partial charge in [0.2, 0.25) is 0 Å². The van der Waals surface area contributed by atoms with Crippen molar-refractivity contribution in [3.05, 3.63) is 45.2 Å². The van der Waals surface area contributed by atoms with E-state index in [1.165, 1.54) is 0 Å². The van der Waals surface area contributed by atoms with Crippen molar-refractivity contribution in [2.75, 3.05) is 5.32 Å². The van der Waals surface area contributed by atoms with E-state index < -0.39 is 0 Å². The minimum atomic E-state index is 0.466. The highest BCUT2D eigenvalue weighted by molar-refractivity contribution is 7.80. The highest BCUT2D eigenvalue weighted by Crippen LogP contribution is 2.25. The van der Waals surface area contributed by atoms with Crippen LogP contribution in [0.5, 0.6) is 0 Å². The molecule has 1 aromatic carbocycles. The molecule has 0 aliphatic rings. The molecule has 0 unspecified atom stereocenters. The zero-order chi connectivity index (χ0) is 15.4.